The Morgan fingerprint density at radius 2 is 1.75 bits per heavy atom. The van der Waals surface area contributed by atoms with Gasteiger partial charge in [0.15, 0.2) is 0 Å². The lowest BCUT2D eigenvalue weighted by molar-refractivity contribution is 0.304. The summed E-state index contributed by atoms with van der Waals surface area (Å²) in [5.74, 6) is 0.546. The standard InChI is InChI=1S/C16H17BrFNO/c17-15-10-12(2-1-9-19)5-8-16(15)20-11-13-3-6-14(18)7-4-13/h3-8,10H,1-2,9,11,19H2. The normalized spacial score (nSPS) is 10.6. The third-order valence-electron chi connectivity index (χ3n) is 2.97. The molecule has 0 aromatic heterocycles. The van der Waals surface area contributed by atoms with Crippen LogP contribution in [0.15, 0.2) is 46.9 Å². The topological polar surface area (TPSA) is 35.2 Å². The van der Waals surface area contributed by atoms with E-state index in [2.05, 4.69) is 22.0 Å². The van der Waals surface area contributed by atoms with Crippen LogP contribution in [0.3, 0.4) is 0 Å². The first kappa shape index (κ1) is 15.0. The molecule has 2 N–H and O–H groups in total. The van der Waals surface area contributed by atoms with E-state index in [-0.39, 0.29) is 5.82 Å². The maximum absolute atomic E-state index is 12.8. The molecule has 2 aromatic rings. The lowest BCUT2D eigenvalue weighted by atomic mass is 10.1. The van der Waals surface area contributed by atoms with E-state index >= 15 is 0 Å². The molecule has 0 heterocycles. The second-order valence-electron chi connectivity index (χ2n) is 4.57. The fourth-order valence-electron chi connectivity index (χ4n) is 1.86. The van der Waals surface area contributed by atoms with Crippen LogP contribution in [0.1, 0.15) is 17.5 Å². The van der Waals surface area contributed by atoms with Crippen molar-refractivity contribution < 1.29 is 9.13 Å². The molecular weight excluding hydrogens is 321 g/mol. The molecule has 0 saturated carbocycles. The molecule has 106 valence electrons. The van der Waals surface area contributed by atoms with Crippen molar-refractivity contribution >= 4 is 15.9 Å². The number of aryl methyl sites for hydroxylation is 1. The predicted molar refractivity (Wildman–Crippen MR) is 82.2 cm³/mol. The smallest absolute Gasteiger partial charge is 0.134 e. The van der Waals surface area contributed by atoms with Gasteiger partial charge in [-0.3, -0.25) is 0 Å². The van der Waals surface area contributed by atoms with Gasteiger partial charge in [-0.15, -0.1) is 0 Å². The highest BCUT2D eigenvalue weighted by Crippen LogP contribution is 2.27. The molecule has 0 unspecified atom stereocenters. The first-order valence-corrected chi connectivity index (χ1v) is 7.34. The van der Waals surface area contributed by atoms with Crippen molar-refractivity contribution in [3.63, 3.8) is 0 Å². The Morgan fingerprint density at radius 1 is 1.05 bits per heavy atom. The van der Waals surface area contributed by atoms with Crippen LogP contribution in [0, 0.1) is 5.82 Å². The molecular formula is C16H17BrFNO. The summed E-state index contributed by atoms with van der Waals surface area (Å²) in [6, 6.07) is 12.3. The Kier molecular flexibility index (Phi) is 5.56. The van der Waals surface area contributed by atoms with Gasteiger partial charge < -0.3 is 10.5 Å². The van der Waals surface area contributed by atoms with Crippen LogP contribution >= 0.6 is 15.9 Å². The third kappa shape index (κ3) is 4.32. The zero-order valence-corrected chi connectivity index (χ0v) is 12.7. The highest BCUT2D eigenvalue weighted by Gasteiger charge is 2.03. The Labute approximate surface area is 126 Å². The van der Waals surface area contributed by atoms with Crippen LogP contribution < -0.4 is 10.5 Å². The number of ether oxygens (including phenoxy) is 1. The van der Waals surface area contributed by atoms with E-state index < -0.39 is 0 Å². The van der Waals surface area contributed by atoms with E-state index in [1.54, 1.807) is 12.1 Å². The number of hydrogen-bond acceptors (Lipinski definition) is 2. The van der Waals surface area contributed by atoms with Gasteiger partial charge in [-0.25, -0.2) is 4.39 Å². The zero-order valence-electron chi connectivity index (χ0n) is 11.1. The van der Waals surface area contributed by atoms with Crippen molar-refractivity contribution in [2.24, 2.45) is 5.73 Å². The van der Waals surface area contributed by atoms with Crippen LogP contribution in [-0.2, 0) is 13.0 Å². The number of rotatable bonds is 6. The van der Waals surface area contributed by atoms with E-state index in [0.29, 0.717) is 13.2 Å². The molecule has 0 radical (unpaired) electrons. The highest BCUT2D eigenvalue weighted by atomic mass is 79.9. The van der Waals surface area contributed by atoms with Gasteiger partial charge in [-0.05, 0) is 70.7 Å². The summed E-state index contributed by atoms with van der Waals surface area (Å²) in [7, 11) is 0. The van der Waals surface area contributed by atoms with Gasteiger partial charge in [0, 0.05) is 0 Å². The Morgan fingerprint density at radius 3 is 2.40 bits per heavy atom. The molecule has 0 amide bonds. The summed E-state index contributed by atoms with van der Waals surface area (Å²) in [4.78, 5) is 0. The molecule has 0 bridgehead atoms. The molecule has 2 rings (SSSR count). The van der Waals surface area contributed by atoms with E-state index in [1.165, 1.54) is 17.7 Å². The van der Waals surface area contributed by atoms with Crippen molar-refractivity contribution in [2.45, 2.75) is 19.4 Å². The SMILES string of the molecule is NCCCc1ccc(OCc2ccc(F)cc2)c(Br)c1. The van der Waals surface area contributed by atoms with E-state index in [0.717, 1.165) is 28.6 Å². The average molecular weight is 338 g/mol. The number of nitrogens with two attached hydrogens (primary N) is 1. The highest BCUT2D eigenvalue weighted by molar-refractivity contribution is 9.10. The predicted octanol–water partition coefficient (Wildman–Crippen LogP) is 4.06. The molecule has 0 atom stereocenters. The second kappa shape index (κ2) is 7.41. The van der Waals surface area contributed by atoms with Crippen molar-refractivity contribution in [1.29, 1.82) is 0 Å². The number of halogens is 2. The van der Waals surface area contributed by atoms with Gasteiger partial charge in [-0.1, -0.05) is 18.2 Å². The second-order valence-corrected chi connectivity index (χ2v) is 5.43. The molecule has 2 nitrogen and oxygen atoms in total. The van der Waals surface area contributed by atoms with Gasteiger partial charge >= 0.3 is 0 Å². The van der Waals surface area contributed by atoms with Crippen LogP contribution in [0.25, 0.3) is 0 Å². The molecule has 0 aliphatic rings. The van der Waals surface area contributed by atoms with Crippen LogP contribution in [0.2, 0.25) is 0 Å². The molecule has 2 aromatic carbocycles. The molecule has 0 saturated heterocycles. The minimum Gasteiger partial charge on any atom is -0.488 e. The number of hydrogen-bond donors (Lipinski definition) is 1. The Hall–Kier alpha value is -1.39. The summed E-state index contributed by atoms with van der Waals surface area (Å²) in [5, 5.41) is 0. The van der Waals surface area contributed by atoms with Gasteiger partial charge in [0.2, 0.25) is 0 Å². The Balaban J connectivity index is 1.97. The largest absolute Gasteiger partial charge is 0.488 e. The van der Waals surface area contributed by atoms with Crippen LogP contribution in [0.4, 0.5) is 4.39 Å². The first-order valence-electron chi connectivity index (χ1n) is 6.55. The fourth-order valence-corrected chi connectivity index (χ4v) is 2.41. The van der Waals surface area contributed by atoms with E-state index in [9.17, 15) is 4.39 Å². The van der Waals surface area contributed by atoms with Gasteiger partial charge in [0.1, 0.15) is 18.2 Å². The van der Waals surface area contributed by atoms with Crippen LogP contribution in [0.5, 0.6) is 5.75 Å². The van der Waals surface area contributed by atoms with Gasteiger partial charge in [0.25, 0.3) is 0 Å². The molecule has 0 aliphatic carbocycles. The monoisotopic (exact) mass is 337 g/mol. The minimum absolute atomic E-state index is 0.237. The molecule has 20 heavy (non-hydrogen) atoms. The van der Waals surface area contributed by atoms with Gasteiger partial charge in [0.05, 0.1) is 4.47 Å². The molecule has 4 heteroatoms. The Bertz CT molecular complexity index is 557. The fraction of sp³-hybridized carbons (Fsp3) is 0.250. The maximum Gasteiger partial charge on any atom is 0.134 e. The lowest BCUT2D eigenvalue weighted by Crippen LogP contribution is -2.01. The average Bonchev–Trinajstić information content (AvgIpc) is 2.46. The third-order valence-corrected chi connectivity index (χ3v) is 3.59. The lowest BCUT2D eigenvalue weighted by Gasteiger charge is -2.10. The summed E-state index contributed by atoms with van der Waals surface area (Å²) < 4.78 is 19.5. The summed E-state index contributed by atoms with van der Waals surface area (Å²) in [5.41, 5.74) is 7.67. The quantitative estimate of drug-likeness (QED) is 0.862. The first-order chi connectivity index (χ1) is 9.69. The van der Waals surface area contributed by atoms with E-state index in [1.807, 2.05) is 12.1 Å². The molecule has 0 aliphatic heterocycles. The molecule has 0 spiro atoms. The minimum atomic E-state index is -0.237. The number of benzene rings is 2. The van der Waals surface area contributed by atoms with Crippen molar-refractivity contribution in [3.05, 3.63) is 63.9 Å². The summed E-state index contributed by atoms with van der Waals surface area (Å²) in [6.07, 6.45) is 1.94. The summed E-state index contributed by atoms with van der Waals surface area (Å²) in [6.45, 7) is 1.11. The maximum atomic E-state index is 12.8. The van der Waals surface area contributed by atoms with Crippen molar-refractivity contribution in [3.8, 4) is 5.75 Å². The van der Waals surface area contributed by atoms with E-state index in [4.69, 9.17) is 10.5 Å². The van der Waals surface area contributed by atoms with Crippen LogP contribution in [-0.4, -0.2) is 6.54 Å². The summed E-state index contributed by atoms with van der Waals surface area (Å²) >= 11 is 3.51. The zero-order chi connectivity index (χ0) is 14.4. The van der Waals surface area contributed by atoms with Gasteiger partial charge in [-0.2, -0.15) is 0 Å². The van der Waals surface area contributed by atoms with Crippen molar-refractivity contribution in [1.82, 2.24) is 0 Å². The molecule has 0 fully saturated rings. The van der Waals surface area contributed by atoms with Crippen molar-refractivity contribution in [2.75, 3.05) is 6.54 Å².